The van der Waals surface area contributed by atoms with Crippen molar-refractivity contribution in [3.05, 3.63) is 94.4 Å². The fraction of sp³-hybridized carbons (Fsp3) is 0.290. The largest absolute Gasteiger partial charge is 0.493 e. The Morgan fingerprint density at radius 3 is 2.42 bits per heavy atom. The molecule has 1 amide bonds. The van der Waals surface area contributed by atoms with Crippen LogP contribution >= 0.6 is 24.0 Å². The highest BCUT2D eigenvalue weighted by atomic mass is 32.2. The van der Waals surface area contributed by atoms with E-state index in [1.165, 1.54) is 17.3 Å². The van der Waals surface area contributed by atoms with Crippen LogP contribution in [-0.2, 0) is 11.3 Å². The van der Waals surface area contributed by atoms with E-state index in [0.717, 1.165) is 29.7 Å². The molecule has 0 aromatic heterocycles. The van der Waals surface area contributed by atoms with Gasteiger partial charge in [-0.15, -0.1) is 0 Å². The first-order chi connectivity index (χ1) is 18.5. The Morgan fingerprint density at radius 1 is 0.974 bits per heavy atom. The Balaban J connectivity index is 1.30. The molecule has 0 spiro atoms. The summed E-state index contributed by atoms with van der Waals surface area (Å²) in [6.45, 7) is 5.95. The molecule has 4 rings (SSSR count). The van der Waals surface area contributed by atoms with Gasteiger partial charge in [0.1, 0.15) is 10.1 Å². The summed E-state index contributed by atoms with van der Waals surface area (Å²) in [6.07, 6.45) is 3.71. The van der Waals surface area contributed by atoms with Crippen molar-refractivity contribution in [2.75, 3.05) is 20.3 Å². The minimum absolute atomic E-state index is 0.0855. The highest BCUT2D eigenvalue weighted by Gasteiger charge is 2.32. The van der Waals surface area contributed by atoms with E-state index in [0.29, 0.717) is 46.4 Å². The van der Waals surface area contributed by atoms with Crippen LogP contribution in [-0.4, -0.2) is 35.5 Å². The minimum atomic E-state index is -0.0855. The van der Waals surface area contributed by atoms with Gasteiger partial charge in [-0.25, -0.2) is 0 Å². The predicted molar refractivity (Wildman–Crippen MR) is 159 cm³/mol. The lowest BCUT2D eigenvalue weighted by Gasteiger charge is -2.14. The van der Waals surface area contributed by atoms with E-state index >= 15 is 0 Å². The molecule has 1 atom stereocenters. The molecule has 1 aliphatic rings. The third kappa shape index (κ3) is 7.17. The first kappa shape index (κ1) is 27.7. The summed E-state index contributed by atoms with van der Waals surface area (Å²) < 4.78 is 17.9. The molecule has 3 aromatic rings. The summed E-state index contributed by atoms with van der Waals surface area (Å²) in [5, 5.41) is 0. The number of carbonyl (C=O) groups excluding carboxylic acids is 1. The van der Waals surface area contributed by atoms with Crippen molar-refractivity contribution in [1.29, 1.82) is 0 Å². The quantitative estimate of drug-likeness (QED) is 0.133. The van der Waals surface area contributed by atoms with Crippen molar-refractivity contribution >= 4 is 40.3 Å². The van der Waals surface area contributed by atoms with Crippen LogP contribution in [0.5, 0.6) is 17.2 Å². The number of thiocarbonyl (C=S) groups is 1. The van der Waals surface area contributed by atoms with Crippen molar-refractivity contribution in [1.82, 2.24) is 4.90 Å². The van der Waals surface area contributed by atoms with Crippen LogP contribution in [0.4, 0.5) is 0 Å². The number of rotatable bonds is 12. The number of methoxy groups -OCH3 is 1. The smallest absolute Gasteiger partial charge is 0.266 e. The molecule has 0 radical (unpaired) electrons. The van der Waals surface area contributed by atoms with Gasteiger partial charge in [-0.1, -0.05) is 86.4 Å². The fourth-order valence-electron chi connectivity index (χ4n) is 4.01. The first-order valence-corrected chi connectivity index (χ1v) is 14.0. The van der Waals surface area contributed by atoms with E-state index in [-0.39, 0.29) is 5.91 Å². The summed E-state index contributed by atoms with van der Waals surface area (Å²) in [5.41, 5.74) is 3.22. The van der Waals surface area contributed by atoms with E-state index in [1.807, 2.05) is 66.7 Å². The number of benzene rings is 3. The monoisotopic (exact) mass is 547 g/mol. The van der Waals surface area contributed by atoms with Gasteiger partial charge in [0.25, 0.3) is 5.91 Å². The lowest BCUT2D eigenvalue weighted by Crippen LogP contribution is -2.27. The normalized spacial score (nSPS) is 15.1. The Hall–Kier alpha value is -3.29. The Morgan fingerprint density at radius 2 is 1.71 bits per heavy atom. The SMILES string of the molecule is CC[C@H](C)c1ccc(OCCCOc2ccc(/C=C3/SC(=S)N(Cc4ccccc4)C3=O)cc2OC)cc1. The highest BCUT2D eigenvalue weighted by molar-refractivity contribution is 8.26. The predicted octanol–water partition coefficient (Wildman–Crippen LogP) is 7.46. The van der Waals surface area contributed by atoms with E-state index in [9.17, 15) is 4.79 Å². The minimum Gasteiger partial charge on any atom is -0.493 e. The molecule has 38 heavy (non-hydrogen) atoms. The zero-order valence-electron chi connectivity index (χ0n) is 22.0. The average Bonchev–Trinajstić information content (AvgIpc) is 3.21. The summed E-state index contributed by atoms with van der Waals surface area (Å²) in [6, 6.07) is 23.8. The molecule has 1 fully saturated rings. The molecule has 198 valence electrons. The second-order valence-corrected chi connectivity index (χ2v) is 10.8. The maximum atomic E-state index is 13.0. The van der Waals surface area contributed by atoms with Gasteiger partial charge < -0.3 is 14.2 Å². The van der Waals surface area contributed by atoms with Crippen molar-refractivity contribution in [3.63, 3.8) is 0 Å². The van der Waals surface area contributed by atoms with Crippen molar-refractivity contribution in [3.8, 4) is 17.2 Å². The highest BCUT2D eigenvalue weighted by Crippen LogP contribution is 2.35. The van der Waals surface area contributed by atoms with Crippen LogP contribution in [0.2, 0.25) is 0 Å². The number of ether oxygens (including phenoxy) is 3. The van der Waals surface area contributed by atoms with Crippen LogP contribution in [0, 0.1) is 0 Å². The molecular weight excluding hydrogens is 514 g/mol. The number of hydrogen-bond acceptors (Lipinski definition) is 6. The maximum absolute atomic E-state index is 13.0. The molecule has 0 N–H and O–H groups in total. The van der Waals surface area contributed by atoms with E-state index in [4.69, 9.17) is 26.4 Å². The van der Waals surface area contributed by atoms with Gasteiger partial charge in [0, 0.05) is 6.42 Å². The molecule has 3 aromatic carbocycles. The second kappa shape index (κ2) is 13.5. The molecule has 0 saturated carbocycles. The van der Waals surface area contributed by atoms with Crippen LogP contribution in [0.15, 0.2) is 77.7 Å². The van der Waals surface area contributed by atoms with Crippen molar-refractivity contribution < 1.29 is 19.0 Å². The molecule has 0 unspecified atom stereocenters. The zero-order valence-corrected chi connectivity index (χ0v) is 23.6. The third-order valence-corrected chi connectivity index (χ3v) is 7.80. The van der Waals surface area contributed by atoms with Gasteiger partial charge in [0.15, 0.2) is 11.5 Å². The Labute approximate surface area is 234 Å². The number of carbonyl (C=O) groups is 1. The van der Waals surface area contributed by atoms with Gasteiger partial charge in [0.05, 0.1) is 31.8 Å². The zero-order chi connectivity index (χ0) is 26.9. The first-order valence-electron chi connectivity index (χ1n) is 12.8. The summed E-state index contributed by atoms with van der Waals surface area (Å²) >= 11 is 6.79. The van der Waals surface area contributed by atoms with Gasteiger partial charge in [-0.2, -0.15) is 0 Å². The molecule has 0 aliphatic carbocycles. The van der Waals surface area contributed by atoms with Crippen LogP contribution < -0.4 is 14.2 Å². The molecule has 1 aliphatic heterocycles. The topological polar surface area (TPSA) is 48.0 Å². The lowest BCUT2D eigenvalue weighted by atomic mass is 9.99. The second-order valence-electron chi connectivity index (χ2n) is 9.09. The summed E-state index contributed by atoms with van der Waals surface area (Å²) in [4.78, 5) is 15.2. The maximum Gasteiger partial charge on any atom is 0.266 e. The van der Waals surface area contributed by atoms with Crippen LogP contribution in [0.25, 0.3) is 6.08 Å². The molecule has 5 nitrogen and oxygen atoms in total. The van der Waals surface area contributed by atoms with Gasteiger partial charge in [0.2, 0.25) is 0 Å². The van der Waals surface area contributed by atoms with E-state index in [2.05, 4.69) is 26.0 Å². The standard InChI is InChI=1S/C31H33NO4S2/c1-4-22(2)25-12-14-26(15-13-25)35-17-8-18-36-27-16-11-24(19-28(27)34-3)20-29-30(33)32(31(37)38-29)21-23-9-6-5-7-10-23/h5-7,9-16,19-20,22H,4,8,17-18,21H2,1-3H3/b29-20+/t22-/m0/s1. The Kier molecular flexibility index (Phi) is 9.85. The fourth-order valence-corrected chi connectivity index (χ4v) is 5.26. The average molecular weight is 548 g/mol. The molecule has 0 bridgehead atoms. The number of nitrogens with zero attached hydrogens (tertiary/aromatic N) is 1. The number of hydrogen-bond donors (Lipinski definition) is 0. The van der Waals surface area contributed by atoms with Gasteiger partial charge in [-0.05, 0) is 59.4 Å². The van der Waals surface area contributed by atoms with Gasteiger partial charge in [-0.3, -0.25) is 9.69 Å². The molecule has 1 heterocycles. The molecule has 7 heteroatoms. The molecular formula is C31H33NO4S2. The lowest BCUT2D eigenvalue weighted by molar-refractivity contribution is -0.122. The van der Waals surface area contributed by atoms with E-state index in [1.54, 1.807) is 12.0 Å². The van der Waals surface area contributed by atoms with Crippen LogP contribution in [0.1, 0.15) is 49.3 Å². The third-order valence-electron chi connectivity index (χ3n) is 6.42. The number of amides is 1. The van der Waals surface area contributed by atoms with Crippen LogP contribution in [0.3, 0.4) is 0 Å². The van der Waals surface area contributed by atoms with Crippen molar-refractivity contribution in [2.45, 2.75) is 39.2 Å². The Bertz CT molecular complexity index is 1270. The van der Waals surface area contributed by atoms with E-state index < -0.39 is 0 Å². The summed E-state index contributed by atoms with van der Waals surface area (Å²) in [5.74, 6) is 2.60. The van der Waals surface area contributed by atoms with Gasteiger partial charge >= 0.3 is 0 Å². The summed E-state index contributed by atoms with van der Waals surface area (Å²) in [7, 11) is 1.61. The molecule has 1 saturated heterocycles. The van der Waals surface area contributed by atoms with Crippen molar-refractivity contribution in [2.24, 2.45) is 0 Å². The number of thioether (sulfide) groups is 1.